The van der Waals surface area contributed by atoms with Crippen molar-refractivity contribution in [3.05, 3.63) is 32.6 Å². The van der Waals surface area contributed by atoms with Crippen molar-refractivity contribution in [2.45, 2.75) is 31.8 Å². The van der Waals surface area contributed by atoms with E-state index in [-0.39, 0.29) is 37.9 Å². The topological polar surface area (TPSA) is 244 Å². The quantitative estimate of drug-likeness (QED) is 0.176. The molecule has 1 aliphatic rings. The Hall–Kier alpha value is -0.224. The van der Waals surface area contributed by atoms with Gasteiger partial charge in [0.05, 0.1) is 12.7 Å². The van der Waals surface area contributed by atoms with Crippen molar-refractivity contribution < 1.29 is 59.1 Å². The van der Waals surface area contributed by atoms with E-state index in [4.69, 9.17) is 19.4 Å². The van der Waals surface area contributed by atoms with Gasteiger partial charge in [-0.3, -0.25) is 18.9 Å². The zero-order valence-electron chi connectivity index (χ0n) is 17.1. The largest absolute Gasteiger partial charge is 2.00 e. The predicted octanol–water partition coefficient (Wildman–Crippen LogP) is -1.32. The molecule has 0 spiro atoms. The minimum Gasteiger partial charge on any atom is -1.00 e. The van der Waals surface area contributed by atoms with E-state index < -0.39 is 59.8 Å². The number of aliphatic hydroxyl groups is 1. The predicted molar refractivity (Wildman–Crippen MR) is 98.4 cm³/mol. The number of H-pyrrole nitrogens is 1. The molecule has 2 heterocycles. The van der Waals surface area contributed by atoms with Crippen molar-refractivity contribution in [2.75, 3.05) is 6.61 Å². The van der Waals surface area contributed by atoms with E-state index in [0.29, 0.717) is 0 Å². The number of hydrogen-bond donors (Lipinski definition) is 6. The van der Waals surface area contributed by atoms with Gasteiger partial charge in [-0.1, -0.05) is 0 Å². The van der Waals surface area contributed by atoms with Crippen LogP contribution in [0.15, 0.2) is 15.8 Å². The minimum atomic E-state index is -5.67. The van der Waals surface area contributed by atoms with E-state index in [1.807, 2.05) is 4.98 Å². The molecule has 1 saturated heterocycles. The molecule has 1 fully saturated rings. The third kappa shape index (κ3) is 8.04. The summed E-state index contributed by atoms with van der Waals surface area (Å²) in [7, 11) is -16.6. The van der Waals surface area contributed by atoms with Crippen LogP contribution < -0.4 is 11.2 Å². The second-order valence-electron chi connectivity index (χ2n) is 5.80. The Kier molecular flexibility index (Phi) is 9.41. The number of aromatic nitrogens is 2. The van der Waals surface area contributed by atoms with Crippen molar-refractivity contribution in [3.8, 4) is 0 Å². The SMILES string of the molecule is Cc1cn([C@@H]2C[C@@H](O)[C@H](COP(=O)(O)OP(=O)(O)OP(=O)(O)O)O2)c(=O)[nH]c1=O.[H-].[H-].[Mg+2]. The summed E-state index contributed by atoms with van der Waals surface area (Å²) in [4.78, 5) is 60.6. The molecule has 20 heteroatoms. The van der Waals surface area contributed by atoms with Gasteiger partial charge in [-0.2, -0.15) is 8.62 Å². The number of rotatable bonds is 8. The van der Waals surface area contributed by atoms with Gasteiger partial charge in [0.25, 0.3) is 5.56 Å². The molecule has 1 aliphatic heterocycles. The molecule has 16 nitrogen and oxygen atoms in total. The molecule has 0 aliphatic carbocycles. The van der Waals surface area contributed by atoms with E-state index >= 15 is 0 Å². The van der Waals surface area contributed by atoms with Crippen LogP contribution in [0.2, 0.25) is 0 Å². The van der Waals surface area contributed by atoms with Crippen LogP contribution >= 0.6 is 23.5 Å². The van der Waals surface area contributed by atoms with Gasteiger partial charge in [0.1, 0.15) is 12.3 Å². The van der Waals surface area contributed by atoms with Crippen LogP contribution in [-0.4, -0.2) is 76.1 Å². The first-order chi connectivity index (χ1) is 13.1. The molecule has 2 rings (SSSR count). The first-order valence-electron chi connectivity index (χ1n) is 7.52. The second kappa shape index (κ2) is 10.1. The number of ether oxygens (including phenoxy) is 1. The molecule has 0 saturated carbocycles. The second-order valence-corrected chi connectivity index (χ2v) is 10.2. The maximum absolute atomic E-state index is 11.9. The molecule has 0 aromatic carbocycles. The first-order valence-corrected chi connectivity index (χ1v) is 12.0. The van der Waals surface area contributed by atoms with Crippen molar-refractivity contribution in [3.63, 3.8) is 0 Å². The summed E-state index contributed by atoms with van der Waals surface area (Å²) in [5, 5.41) is 9.98. The zero-order chi connectivity index (χ0) is 22.2. The van der Waals surface area contributed by atoms with E-state index in [1.54, 1.807) is 0 Å². The van der Waals surface area contributed by atoms with Gasteiger partial charge in [-0.15, -0.1) is 0 Å². The van der Waals surface area contributed by atoms with Crippen molar-refractivity contribution in [2.24, 2.45) is 0 Å². The Morgan fingerprint density at radius 2 is 1.80 bits per heavy atom. The molecule has 0 amide bonds. The average molecular weight is 508 g/mol. The summed E-state index contributed by atoms with van der Waals surface area (Å²) in [6.45, 7) is 0.547. The number of phosphoric ester groups is 1. The Morgan fingerprint density at radius 3 is 2.37 bits per heavy atom. The molecular weight excluding hydrogens is 489 g/mol. The number of aromatic amines is 1. The van der Waals surface area contributed by atoms with Crippen LogP contribution in [0.25, 0.3) is 0 Å². The molecule has 1 aromatic rings. The van der Waals surface area contributed by atoms with Gasteiger partial charge in [-0.05, 0) is 6.92 Å². The number of nitrogens with zero attached hydrogens (tertiary/aromatic N) is 1. The summed E-state index contributed by atoms with van der Waals surface area (Å²) in [6, 6.07) is 0. The zero-order valence-corrected chi connectivity index (χ0v) is 19.2. The Labute approximate surface area is 186 Å². The molecule has 6 N–H and O–H groups in total. The fourth-order valence-electron chi connectivity index (χ4n) is 2.31. The summed E-state index contributed by atoms with van der Waals surface area (Å²) < 4.78 is 51.3. The third-order valence-corrected chi connectivity index (χ3v) is 7.28. The molecule has 30 heavy (non-hydrogen) atoms. The molecule has 170 valence electrons. The number of hydrogen-bond acceptors (Lipinski definition) is 10. The van der Waals surface area contributed by atoms with Gasteiger partial charge < -0.3 is 32.3 Å². The van der Waals surface area contributed by atoms with Crippen LogP contribution in [-0.2, 0) is 31.6 Å². The summed E-state index contributed by atoms with van der Waals surface area (Å²) in [5.41, 5.74) is -1.26. The summed E-state index contributed by atoms with van der Waals surface area (Å²) >= 11 is 0. The van der Waals surface area contributed by atoms with Gasteiger partial charge in [0, 0.05) is 18.2 Å². The monoisotopic (exact) mass is 508 g/mol. The number of phosphoric acid groups is 3. The van der Waals surface area contributed by atoms with E-state index in [1.165, 1.54) is 13.1 Å². The number of aryl methyl sites for hydroxylation is 1. The minimum absolute atomic E-state index is 0. The number of nitrogens with one attached hydrogen (secondary N) is 1. The van der Waals surface area contributed by atoms with Crippen molar-refractivity contribution in [1.29, 1.82) is 0 Å². The van der Waals surface area contributed by atoms with Gasteiger partial charge >= 0.3 is 52.2 Å². The Bertz CT molecular complexity index is 1030. The number of aliphatic hydroxyl groups excluding tert-OH is 1. The summed E-state index contributed by atoms with van der Waals surface area (Å²) in [6.07, 6.45) is -2.67. The van der Waals surface area contributed by atoms with Crippen LogP contribution in [0.3, 0.4) is 0 Å². The van der Waals surface area contributed by atoms with Gasteiger partial charge in [-0.25, -0.2) is 18.5 Å². The molecular formula is C10H19MgN2O14P3. The van der Waals surface area contributed by atoms with E-state index in [2.05, 4.69) is 13.1 Å². The van der Waals surface area contributed by atoms with Gasteiger partial charge in [0.15, 0.2) is 0 Å². The first kappa shape index (κ1) is 27.8. The van der Waals surface area contributed by atoms with Crippen molar-refractivity contribution >= 4 is 46.5 Å². The average Bonchev–Trinajstić information content (AvgIpc) is 2.86. The maximum atomic E-state index is 11.9. The van der Waals surface area contributed by atoms with Crippen molar-refractivity contribution in [1.82, 2.24) is 9.55 Å². The maximum Gasteiger partial charge on any atom is 2.00 e. The molecule has 2 unspecified atom stereocenters. The fraction of sp³-hybridized carbons (Fsp3) is 0.600. The smallest absolute Gasteiger partial charge is 1.00 e. The van der Waals surface area contributed by atoms with Crippen LogP contribution in [0.1, 0.15) is 21.1 Å². The van der Waals surface area contributed by atoms with Crippen LogP contribution in [0.5, 0.6) is 0 Å². The standard InChI is InChI=1S/C10H17N2O14P3.Mg.2H/c1-5-3-12(10(15)11-9(5)14)8-2-6(13)7(24-8)4-23-28(19,20)26-29(21,22)25-27(16,17)18;;;/h3,6-8,13H,2,4H2,1H3,(H,19,20)(H,21,22)(H,11,14,15)(H2,16,17,18);;;/q;+2;2*-1/t6-,7+,8+;;;/m1.../s1. The Balaban J connectivity index is 0. The molecule has 1 aromatic heterocycles. The van der Waals surface area contributed by atoms with Crippen LogP contribution in [0, 0.1) is 6.92 Å². The summed E-state index contributed by atoms with van der Waals surface area (Å²) in [5.74, 6) is 0. The van der Waals surface area contributed by atoms with E-state index in [0.717, 1.165) is 4.57 Å². The Morgan fingerprint density at radius 1 is 1.20 bits per heavy atom. The third-order valence-electron chi connectivity index (χ3n) is 3.48. The fourth-order valence-corrected chi connectivity index (χ4v) is 5.34. The van der Waals surface area contributed by atoms with E-state index in [9.17, 15) is 33.3 Å². The normalized spacial score (nSPS) is 25.9. The van der Waals surface area contributed by atoms with Crippen LogP contribution in [0.4, 0.5) is 0 Å². The molecule has 5 atom stereocenters. The van der Waals surface area contributed by atoms with Gasteiger partial charge in [0.2, 0.25) is 0 Å². The molecule has 0 radical (unpaired) electrons. The molecule has 0 bridgehead atoms.